The van der Waals surface area contributed by atoms with Crippen molar-refractivity contribution in [1.29, 1.82) is 5.26 Å². The Balaban J connectivity index is 2.06. The maximum absolute atomic E-state index is 11.2. The van der Waals surface area contributed by atoms with Crippen LogP contribution in [0.4, 0.5) is 11.4 Å². The third kappa shape index (κ3) is 4.23. The van der Waals surface area contributed by atoms with Gasteiger partial charge in [-0.3, -0.25) is 10.1 Å². The number of aryl methyl sites for hydroxylation is 2. The summed E-state index contributed by atoms with van der Waals surface area (Å²) in [6.45, 7) is 4.90. The first-order valence-corrected chi connectivity index (χ1v) is 7.51. The first-order valence-electron chi connectivity index (χ1n) is 7.51. The summed E-state index contributed by atoms with van der Waals surface area (Å²) in [4.78, 5) is 12.5. The maximum atomic E-state index is 11.2. The molecule has 0 aliphatic rings. The van der Waals surface area contributed by atoms with E-state index in [1.54, 1.807) is 24.1 Å². The molecular weight excluding hydrogens is 306 g/mol. The summed E-state index contributed by atoms with van der Waals surface area (Å²) in [6.07, 6.45) is 0. The van der Waals surface area contributed by atoms with Gasteiger partial charge in [0.05, 0.1) is 23.1 Å². The third-order valence-electron chi connectivity index (χ3n) is 3.60. The fourth-order valence-electron chi connectivity index (χ4n) is 2.50. The Kier molecular flexibility index (Phi) is 5.38. The highest BCUT2D eigenvalue weighted by Gasteiger charge is 2.18. The van der Waals surface area contributed by atoms with E-state index in [4.69, 9.17) is 10.00 Å². The lowest BCUT2D eigenvalue weighted by atomic mass is 10.1. The van der Waals surface area contributed by atoms with Gasteiger partial charge in [0.15, 0.2) is 0 Å². The molecule has 6 nitrogen and oxygen atoms in total. The van der Waals surface area contributed by atoms with Crippen LogP contribution in [-0.4, -0.2) is 25.1 Å². The van der Waals surface area contributed by atoms with Crippen LogP contribution in [0.2, 0.25) is 0 Å². The highest BCUT2D eigenvalue weighted by molar-refractivity contribution is 5.65. The molecule has 2 aromatic carbocycles. The van der Waals surface area contributed by atoms with Gasteiger partial charge in [-0.2, -0.15) is 5.26 Å². The van der Waals surface area contributed by atoms with Crippen molar-refractivity contribution in [2.45, 2.75) is 13.8 Å². The van der Waals surface area contributed by atoms with Crippen LogP contribution in [0.25, 0.3) is 0 Å². The van der Waals surface area contributed by atoms with Crippen LogP contribution in [0, 0.1) is 35.3 Å². The fourth-order valence-corrected chi connectivity index (χ4v) is 2.50. The van der Waals surface area contributed by atoms with Gasteiger partial charge < -0.3 is 9.64 Å². The largest absolute Gasteiger partial charge is 0.492 e. The zero-order chi connectivity index (χ0) is 17.7. The fraction of sp³-hybridized carbons (Fsp3) is 0.278. The van der Waals surface area contributed by atoms with Crippen molar-refractivity contribution >= 4 is 11.4 Å². The van der Waals surface area contributed by atoms with E-state index in [-0.39, 0.29) is 11.3 Å². The van der Waals surface area contributed by atoms with Gasteiger partial charge in [0.1, 0.15) is 18.0 Å². The summed E-state index contributed by atoms with van der Waals surface area (Å²) >= 11 is 0. The van der Waals surface area contributed by atoms with Crippen molar-refractivity contribution in [2.75, 3.05) is 25.1 Å². The van der Waals surface area contributed by atoms with Gasteiger partial charge in [0, 0.05) is 13.1 Å². The molecule has 0 unspecified atom stereocenters. The zero-order valence-electron chi connectivity index (χ0n) is 13.9. The quantitative estimate of drug-likeness (QED) is 0.599. The van der Waals surface area contributed by atoms with E-state index < -0.39 is 4.92 Å². The lowest BCUT2D eigenvalue weighted by Crippen LogP contribution is -2.24. The van der Waals surface area contributed by atoms with Crippen LogP contribution in [0.15, 0.2) is 36.4 Å². The lowest BCUT2D eigenvalue weighted by Gasteiger charge is -2.19. The van der Waals surface area contributed by atoms with E-state index in [1.165, 1.54) is 6.07 Å². The number of nitro groups is 1. The molecule has 0 atom stereocenters. The van der Waals surface area contributed by atoms with Crippen LogP contribution in [0.5, 0.6) is 5.75 Å². The Morgan fingerprint density at radius 1 is 1.21 bits per heavy atom. The number of hydrogen-bond acceptors (Lipinski definition) is 5. The Morgan fingerprint density at radius 3 is 2.46 bits per heavy atom. The molecule has 0 fully saturated rings. The van der Waals surface area contributed by atoms with Gasteiger partial charge in [-0.15, -0.1) is 0 Å². The second-order valence-corrected chi connectivity index (χ2v) is 5.67. The summed E-state index contributed by atoms with van der Waals surface area (Å²) in [5.74, 6) is 0.787. The molecule has 0 aliphatic carbocycles. The number of likely N-dealkylation sites (N-methyl/N-ethyl adjacent to an activating group) is 1. The van der Waals surface area contributed by atoms with E-state index in [0.717, 1.165) is 16.9 Å². The molecule has 0 bridgehead atoms. The number of anilines is 1. The monoisotopic (exact) mass is 325 g/mol. The molecule has 6 heteroatoms. The number of hydrogen-bond donors (Lipinski definition) is 0. The highest BCUT2D eigenvalue weighted by atomic mass is 16.6. The predicted molar refractivity (Wildman–Crippen MR) is 92.5 cm³/mol. The number of rotatable bonds is 6. The Bertz CT molecular complexity index is 776. The molecule has 2 rings (SSSR count). The number of nitriles is 1. The molecule has 0 aromatic heterocycles. The third-order valence-corrected chi connectivity index (χ3v) is 3.60. The highest BCUT2D eigenvalue weighted by Crippen LogP contribution is 2.28. The van der Waals surface area contributed by atoms with Gasteiger partial charge >= 0.3 is 0 Å². The smallest absolute Gasteiger partial charge is 0.293 e. The maximum Gasteiger partial charge on any atom is 0.293 e. The van der Waals surface area contributed by atoms with Crippen molar-refractivity contribution in [3.63, 3.8) is 0 Å². The van der Waals surface area contributed by atoms with E-state index in [0.29, 0.717) is 18.8 Å². The average Bonchev–Trinajstić information content (AvgIpc) is 2.53. The van der Waals surface area contributed by atoms with Crippen LogP contribution in [0.3, 0.4) is 0 Å². The lowest BCUT2D eigenvalue weighted by molar-refractivity contribution is -0.384. The summed E-state index contributed by atoms with van der Waals surface area (Å²) < 4.78 is 5.74. The molecule has 0 heterocycles. The molecule has 2 aromatic rings. The Morgan fingerprint density at radius 2 is 1.88 bits per heavy atom. The second-order valence-electron chi connectivity index (χ2n) is 5.67. The van der Waals surface area contributed by atoms with Gasteiger partial charge in [0.25, 0.3) is 5.69 Å². The topological polar surface area (TPSA) is 79.4 Å². The number of nitrogens with zero attached hydrogens (tertiary/aromatic N) is 3. The molecule has 0 N–H and O–H groups in total. The molecular formula is C18H19N3O3. The molecule has 0 saturated heterocycles. The SMILES string of the molecule is Cc1cc(C)cc(OCCN(C)c2ccc(C#N)cc2[N+](=O)[O-])c1. The van der Waals surface area contributed by atoms with E-state index in [1.807, 2.05) is 32.0 Å². The molecule has 0 aliphatic heterocycles. The minimum Gasteiger partial charge on any atom is -0.492 e. The summed E-state index contributed by atoms with van der Waals surface area (Å²) in [7, 11) is 1.76. The number of ether oxygens (including phenoxy) is 1. The van der Waals surface area contributed by atoms with Crippen LogP contribution in [-0.2, 0) is 0 Å². The standard InChI is InChI=1S/C18H19N3O3/c1-13-8-14(2)10-16(9-13)24-7-6-20(3)17-5-4-15(12-19)11-18(17)21(22)23/h4-5,8-11H,6-7H2,1-3H3. The number of nitro benzene ring substituents is 1. The summed E-state index contributed by atoms with van der Waals surface area (Å²) in [5, 5.41) is 20.1. The average molecular weight is 325 g/mol. The zero-order valence-corrected chi connectivity index (χ0v) is 13.9. The second kappa shape index (κ2) is 7.47. The van der Waals surface area contributed by atoms with Gasteiger partial charge in [-0.1, -0.05) is 6.07 Å². The number of benzene rings is 2. The Hall–Kier alpha value is -3.07. The molecule has 124 valence electrons. The van der Waals surface area contributed by atoms with Crippen molar-refractivity contribution in [2.24, 2.45) is 0 Å². The Labute approximate surface area is 141 Å². The van der Waals surface area contributed by atoms with Crippen molar-refractivity contribution in [1.82, 2.24) is 0 Å². The van der Waals surface area contributed by atoms with Crippen LogP contribution < -0.4 is 9.64 Å². The molecule has 0 radical (unpaired) electrons. The first kappa shape index (κ1) is 17.3. The minimum atomic E-state index is -0.475. The predicted octanol–water partition coefficient (Wildman–Crippen LogP) is 3.60. The van der Waals surface area contributed by atoms with Crippen molar-refractivity contribution in [3.05, 3.63) is 63.2 Å². The summed E-state index contributed by atoms with van der Waals surface area (Å²) in [5.41, 5.74) is 2.90. The molecule has 0 saturated carbocycles. The van der Waals surface area contributed by atoms with Gasteiger partial charge in [-0.25, -0.2) is 0 Å². The van der Waals surface area contributed by atoms with Crippen LogP contribution in [0.1, 0.15) is 16.7 Å². The first-order chi connectivity index (χ1) is 11.4. The minimum absolute atomic E-state index is 0.0806. The molecule has 24 heavy (non-hydrogen) atoms. The molecule has 0 spiro atoms. The molecule has 0 amide bonds. The van der Waals surface area contributed by atoms with Crippen molar-refractivity contribution < 1.29 is 9.66 Å². The van der Waals surface area contributed by atoms with Gasteiger partial charge in [-0.05, 0) is 49.2 Å². The van der Waals surface area contributed by atoms with Gasteiger partial charge in [0.2, 0.25) is 0 Å². The van der Waals surface area contributed by atoms with E-state index in [2.05, 4.69) is 6.07 Å². The summed E-state index contributed by atoms with van der Waals surface area (Å²) in [6, 6.07) is 12.3. The normalized spacial score (nSPS) is 10.1. The van der Waals surface area contributed by atoms with Crippen molar-refractivity contribution in [3.8, 4) is 11.8 Å². The van der Waals surface area contributed by atoms with E-state index in [9.17, 15) is 10.1 Å². The van der Waals surface area contributed by atoms with E-state index >= 15 is 0 Å². The van der Waals surface area contributed by atoms with Crippen LogP contribution >= 0.6 is 0 Å².